The van der Waals surface area contributed by atoms with Crippen LogP contribution in [0, 0.1) is 11.3 Å². The fraction of sp³-hybridized carbons (Fsp3) is 0.188. The van der Waals surface area contributed by atoms with Gasteiger partial charge in [0.05, 0.1) is 22.7 Å². The van der Waals surface area contributed by atoms with E-state index >= 15 is 0 Å². The Morgan fingerprint density at radius 2 is 2.14 bits per heavy atom. The number of hydrogen-bond donors (Lipinski definition) is 0. The molecule has 0 aliphatic heterocycles. The summed E-state index contributed by atoms with van der Waals surface area (Å²) in [5.74, 6) is 0.870. The van der Waals surface area contributed by atoms with Gasteiger partial charge in [0.2, 0.25) is 0 Å². The van der Waals surface area contributed by atoms with Crippen LogP contribution < -0.4 is 0 Å². The number of rotatable bonds is 2. The normalized spacial score (nSPS) is 14.3. The number of hydrogen-bond acceptors (Lipinski definition) is 3. The highest BCUT2D eigenvalue weighted by Gasteiger charge is 2.29. The Balaban J connectivity index is 2.02. The van der Waals surface area contributed by atoms with Crippen molar-refractivity contribution in [2.75, 3.05) is 0 Å². The SMILES string of the molecule is N#Cc1ccc2c(c1)nc(-c1ncccc1Br)n2C1CC1. The summed E-state index contributed by atoms with van der Waals surface area (Å²) < 4.78 is 3.19. The molecule has 1 aromatic carbocycles. The van der Waals surface area contributed by atoms with E-state index in [-0.39, 0.29) is 0 Å². The summed E-state index contributed by atoms with van der Waals surface area (Å²) in [6, 6.07) is 12.2. The first-order chi connectivity index (χ1) is 10.3. The minimum atomic E-state index is 0.492. The maximum Gasteiger partial charge on any atom is 0.161 e. The van der Waals surface area contributed by atoms with Gasteiger partial charge in [-0.3, -0.25) is 4.98 Å². The van der Waals surface area contributed by atoms with Gasteiger partial charge < -0.3 is 4.57 Å². The quantitative estimate of drug-likeness (QED) is 0.707. The second-order valence-electron chi connectivity index (χ2n) is 5.19. The molecule has 1 aliphatic rings. The van der Waals surface area contributed by atoms with E-state index in [2.05, 4.69) is 31.6 Å². The molecule has 3 aromatic rings. The van der Waals surface area contributed by atoms with Gasteiger partial charge in [-0.05, 0) is 59.1 Å². The molecule has 21 heavy (non-hydrogen) atoms. The standard InChI is InChI=1S/C16H11BrN4/c17-12-2-1-7-19-15(12)16-20-13-8-10(9-18)3-6-14(13)21(16)11-4-5-11/h1-3,6-8,11H,4-5H2. The van der Waals surface area contributed by atoms with E-state index in [9.17, 15) is 0 Å². The molecule has 0 saturated heterocycles. The maximum absolute atomic E-state index is 9.05. The van der Waals surface area contributed by atoms with Crippen LogP contribution in [0.4, 0.5) is 0 Å². The highest BCUT2D eigenvalue weighted by molar-refractivity contribution is 9.10. The largest absolute Gasteiger partial charge is 0.320 e. The lowest BCUT2D eigenvalue weighted by atomic mass is 10.2. The van der Waals surface area contributed by atoms with Crippen LogP contribution in [0.1, 0.15) is 24.4 Å². The number of halogens is 1. The lowest BCUT2D eigenvalue weighted by molar-refractivity contribution is 0.772. The molecule has 2 aromatic heterocycles. The Hall–Kier alpha value is -2.19. The molecule has 102 valence electrons. The Bertz CT molecular complexity index is 887. The summed E-state index contributed by atoms with van der Waals surface area (Å²) in [5.41, 5.74) is 3.41. The van der Waals surface area contributed by atoms with Crippen LogP contribution in [0.2, 0.25) is 0 Å². The first kappa shape index (κ1) is 12.5. The van der Waals surface area contributed by atoms with Gasteiger partial charge in [0, 0.05) is 16.7 Å². The molecule has 0 bridgehead atoms. The van der Waals surface area contributed by atoms with E-state index in [0.29, 0.717) is 11.6 Å². The van der Waals surface area contributed by atoms with E-state index in [0.717, 1.165) is 27.0 Å². The second-order valence-corrected chi connectivity index (χ2v) is 6.04. The first-order valence-electron chi connectivity index (χ1n) is 6.81. The van der Waals surface area contributed by atoms with Gasteiger partial charge in [-0.25, -0.2) is 4.98 Å². The van der Waals surface area contributed by atoms with Gasteiger partial charge in [-0.1, -0.05) is 0 Å². The summed E-state index contributed by atoms with van der Waals surface area (Å²) in [5, 5.41) is 9.05. The van der Waals surface area contributed by atoms with Crippen LogP contribution in [0.15, 0.2) is 41.0 Å². The fourth-order valence-corrected chi connectivity index (χ4v) is 3.02. The molecule has 0 unspecified atom stereocenters. The maximum atomic E-state index is 9.05. The van der Waals surface area contributed by atoms with Gasteiger partial charge in [0.15, 0.2) is 5.82 Å². The van der Waals surface area contributed by atoms with Crippen molar-refractivity contribution in [1.29, 1.82) is 5.26 Å². The third kappa shape index (κ3) is 2.03. The van der Waals surface area contributed by atoms with Gasteiger partial charge in [-0.15, -0.1) is 0 Å². The number of aromatic nitrogens is 3. The van der Waals surface area contributed by atoms with Crippen LogP contribution >= 0.6 is 15.9 Å². The van der Waals surface area contributed by atoms with Gasteiger partial charge >= 0.3 is 0 Å². The summed E-state index contributed by atoms with van der Waals surface area (Å²) in [6.07, 6.45) is 4.11. The van der Waals surface area contributed by atoms with E-state index in [4.69, 9.17) is 10.2 Å². The second kappa shape index (κ2) is 4.68. The Morgan fingerprint density at radius 1 is 1.29 bits per heavy atom. The fourth-order valence-electron chi connectivity index (χ4n) is 2.59. The Kier molecular flexibility index (Phi) is 2.79. The highest BCUT2D eigenvalue weighted by atomic mass is 79.9. The minimum absolute atomic E-state index is 0.492. The molecule has 5 heteroatoms. The average Bonchev–Trinajstić information content (AvgIpc) is 3.27. The molecule has 1 saturated carbocycles. The first-order valence-corrected chi connectivity index (χ1v) is 7.60. The molecule has 0 spiro atoms. The minimum Gasteiger partial charge on any atom is -0.320 e. The zero-order valence-corrected chi connectivity index (χ0v) is 12.7. The summed E-state index contributed by atoms with van der Waals surface area (Å²) in [6.45, 7) is 0. The predicted molar refractivity (Wildman–Crippen MR) is 83.7 cm³/mol. The molecular formula is C16H11BrN4. The zero-order valence-electron chi connectivity index (χ0n) is 11.1. The number of imidazole rings is 1. The van der Waals surface area contributed by atoms with Crippen molar-refractivity contribution >= 4 is 27.0 Å². The number of fused-ring (bicyclic) bond motifs is 1. The van der Waals surface area contributed by atoms with Crippen molar-refractivity contribution in [3.8, 4) is 17.6 Å². The topological polar surface area (TPSA) is 54.5 Å². The molecule has 1 aliphatic carbocycles. The molecule has 0 amide bonds. The Labute approximate surface area is 130 Å². The lowest BCUT2D eigenvalue weighted by Gasteiger charge is -2.08. The predicted octanol–water partition coefficient (Wildman–Crippen LogP) is 4.07. The summed E-state index contributed by atoms with van der Waals surface area (Å²) in [4.78, 5) is 9.19. The van der Waals surface area contributed by atoms with E-state index in [1.807, 2.05) is 30.3 Å². The molecule has 4 nitrogen and oxygen atoms in total. The van der Waals surface area contributed by atoms with Crippen molar-refractivity contribution in [3.05, 3.63) is 46.6 Å². The van der Waals surface area contributed by atoms with Crippen molar-refractivity contribution in [2.45, 2.75) is 18.9 Å². The van der Waals surface area contributed by atoms with Crippen LogP contribution in [0.3, 0.4) is 0 Å². The van der Waals surface area contributed by atoms with Crippen LogP contribution in [-0.2, 0) is 0 Å². The number of nitriles is 1. The monoisotopic (exact) mass is 338 g/mol. The number of pyridine rings is 1. The van der Waals surface area contributed by atoms with E-state index in [1.165, 1.54) is 12.8 Å². The van der Waals surface area contributed by atoms with E-state index < -0.39 is 0 Å². The van der Waals surface area contributed by atoms with Crippen LogP contribution in [-0.4, -0.2) is 14.5 Å². The van der Waals surface area contributed by atoms with Crippen molar-refractivity contribution in [3.63, 3.8) is 0 Å². The Morgan fingerprint density at radius 3 is 2.86 bits per heavy atom. The van der Waals surface area contributed by atoms with Crippen molar-refractivity contribution in [1.82, 2.24) is 14.5 Å². The van der Waals surface area contributed by atoms with Crippen molar-refractivity contribution in [2.24, 2.45) is 0 Å². The average molecular weight is 339 g/mol. The van der Waals surface area contributed by atoms with Gasteiger partial charge in [0.25, 0.3) is 0 Å². The van der Waals surface area contributed by atoms with Crippen LogP contribution in [0.5, 0.6) is 0 Å². The third-order valence-electron chi connectivity index (χ3n) is 3.70. The smallest absolute Gasteiger partial charge is 0.161 e. The molecular weight excluding hydrogens is 328 g/mol. The molecule has 4 rings (SSSR count). The number of benzene rings is 1. The zero-order chi connectivity index (χ0) is 14.4. The van der Waals surface area contributed by atoms with Gasteiger partial charge in [-0.2, -0.15) is 5.26 Å². The molecule has 1 fully saturated rings. The highest BCUT2D eigenvalue weighted by Crippen LogP contribution is 2.42. The molecule has 2 heterocycles. The lowest BCUT2D eigenvalue weighted by Crippen LogP contribution is -1.99. The molecule has 0 N–H and O–H groups in total. The molecule has 0 atom stereocenters. The third-order valence-corrected chi connectivity index (χ3v) is 4.34. The molecule has 0 radical (unpaired) electrons. The van der Waals surface area contributed by atoms with Crippen molar-refractivity contribution < 1.29 is 0 Å². The van der Waals surface area contributed by atoms with Gasteiger partial charge in [0.1, 0.15) is 5.69 Å². The van der Waals surface area contributed by atoms with Crippen LogP contribution in [0.25, 0.3) is 22.6 Å². The summed E-state index contributed by atoms with van der Waals surface area (Å²) in [7, 11) is 0. The number of nitrogens with zero attached hydrogens (tertiary/aromatic N) is 4. The summed E-state index contributed by atoms with van der Waals surface area (Å²) >= 11 is 3.55. The van der Waals surface area contributed by atoms with E-state index in [1.54, 1.807) is 6.20 Å².